The molecule has 0 saturated heterocycles. The number of nitrogens with zero attached hydrogens (tertiary/aromatic N) is 1. The molecule has 3 nitrogen and oxygen atoms in total. The fourth-order valence-electron chi connectivity index (χ4n) is 1.60. The number of rotatable bonds is 6. The molecular formula is C13H15F3N2O. The lowest BCUT2D eigenvalue weighted by atomic mass is 10.1. The van der Waals surface area contributed by atoms with Crippen molar-refractivity contribution in [3.05, 3.63) is 35.9 Å². The van der Waals surface area contributed by atoms with E-state index in [1.807, 2.05) is 36.4 Å². The molecule has 1 aromatic carbocycles. The molecule has 6 heteroatoms. The second-order valence-electron chi connectivity index (χ2n) is 4.05. The predicted molar refractivity (Wildman–Crippen MR) is 64.2 cm³/mol. The normalized spacial score (nSPS) is 14.7. The molecule has 0 saturated carbocycles. The zero-order valence-electron chi connectivity index (χ0n) is 10.4. The van der Waals surface area contributed by atoms with Crippen molar-refractivity contribution < 1.29 is 17.9 Å². The summed E-state index contributed by atoms with van der Waals surface area (Å²) in [6.07, 6.45) is -6.82. The molecule has 2 atom stereocenters. The van der Waals surface area contributed by atoms with Gasteiger partial charge in [-0.25, -0.2) is 0 Å². The molecule has 1 N–H and O–H groups in total. The highest BCUT2D eigenvalue weighted by molar-refractivity contribution is 5.14. The van der Waals surface area contributed by atoms with Crippen LogP contribution >= 0.6 is 0 Å². The summed E-state index contributed by atoms with van der Waals surface area (Å²) in [5.74, 6) is 0. The molecule has 19 heavy (non-hydrogen) atoms. The summed E-state index contributed by atoms with van der Waals surface area (Å²) in [7, 11) is 0.990. The first kappa shape index (κ1) is 15.5. The standard InChI is InChI=1S/C13H15F3N2O/c1-19-12(13(14,15)16)7-11(8-17)18-9-10-5-3-2-4-6-10/h2-6,11-12,18H,7,9H2,1H3. The van der Waals surface area contributed by atoms with Gasteiger partial charge in [0.2, 0.25) is 0 Å². The van der Waals surface area contributed by atoms with Gasteiger partial charge in [-0.3, -0.25) is 5.32 Å². The first-order valence-electron chi connectivity index (χ1n) is 5.73. The summed E-state index contributed by atoms with van der Waals surface area (Å²) in [5.41, 5.74) is 0.906. The van der Waals surface area contributed by atoms with E-state index in [4.69, 9.17) is 5.26 Å². The molecule has 0 aromatic heterocycles. The number of methoxy groups -OCH3 is 1. The van der Waals surface area contributed by atoms with Crippen LogP contribution in [0.3, 0.4) is 0 Å². The Bertz CT molecular complexity index is 414. The van der Waals surface area contributed by atoms with Crippen molar-refractivity contribution in [1.82, 2.24) is 5.32 Å². The van der Waals surface area contributed by atoms with E-state index >= 15 is 0 Å². The molecular weight excluding hydrogens is 257 g/mol. The van der Waals surface area contributed by atoms with Gasteiger partial charge in [-0.05, 0) is 5.56 Å². The molecule has 1 rings (SSSR count). The number of halogens is 3. The predicted octanol–water partition coefficient (Wildman–Crippen LogP) is 2.64. The van der Waals surface area contributed by atoms with Gasteiger partial charge in [-0.1, -0.05) is 30.3 Å². The second-order valence-corrected chi connectivity index (χ2v) is 4.05. The lowest BCUT2D eigenvalue weighted by molar-refractivity contribution is -0.215. The number of nitrogens with one attached hydrogen (secondary N) is 1. The van der Waals surface area contributed by atoms with Gasteiger partial charge in [0.25, 0.3) is 0 Å². The number of benzene rings is 1. The molecule has 0 aliphatic heterocycles. The Morgan fingerprint density at radius 1 is 1.32 bits per heavy atom. The maximum absolute atomic E-state index is 12.5. The van der Waals surface area contributed by atoms with E-state index in [1.54, 1.807) is 0 Å². The van der Waals surface area contributed by atoms with Crippen LogP contribution in [0.15, 0.2) is 30.3 Å². The molecule has 0 aliphatic carbocycles. The van der Waals surface area contributed by atoms with E-state index in [2.05, 4.69) is 10.1 Å². The van der Waals surface area contributed by atoms with E-state index in [-0.39, 0.29) is 0 Å². The Morgan fingerprint density at radius 2 is 1.95 bits per heavy atom. The van der Waals surface area contributed by atoms with Gasteiger partial charge in [0.15, 0.2) is 6.10 Å². The molecule has 0 amide bonds. The monoisotopic (exact) mass is 272 g/mol. The van der Waals surface area contributed by atoms with E-state index in [0.717, 1.165) is 12.7 Å². The first-order valence-corrected chi connectivity index (χ1v) is 5.73. The molecule has 104 valence electrons. The highest BCUT2D eigenvalue weighted by Crippen LogP contribution is 2.25. The first-order chi connectivity index (χ1) is 8.97. The maximum Gasteiger partial charge on any atom is 0.414 e. The highest BCUT2D eigenvalue weighted by Gasteiger charge is 2.41. The van der Waals surface area contributed by atoms with Gasteiger partial charge in [0.1, 0.15) is 0 Å². The Morgan fingerprint density at radius 3 is 2.42 bits per heavy atom. The lowest BCUT2D eigenvalue weighted by Gasteiger charge is -2.21. The van der Waals surface area contributed by atoms with Crippen molar-refractivity contribution in [3.8, 4) is 6.07 Å². The minimum atomic E-state index is -4.46. The van der Waals surface area contributed by atoms with Crippen LogP contribution < -0.4 is 5.32 Å². The molecule has 0 spiro atoms. The highest BCUT2D eigenvalue weighted by atomic mass is 19.4. The quantitative estimate of drug-likeness (QED) is 0.865. The Hall–Kier alpha value is -1.58. The van der Waals surface area contributed by atoms with E-state index in [1.165, 1.54) is 0 Å². The van der Waals surface area contributed by atoms with E-state index < -0.39 is 24.7 Å². The minimum Gasteiger partial charge on any atom is -0.372 e. The van der Waals surface area contributed by atoms with Crippen molar-refractivity contribution in [2.45, 2.75) is 31.3 Å². The summed E-state index contributed by atoms with van der Waals surface area (Å²) >= 11 is 0. The van der Waals surface area contributed by atoms with Crippen molar-refractivity contribution in [3.63, 3.8) is 0 Å². The maximum atomic E-state index is 12.5. The number of ether oxygens (including phenoxy) is 1. The third-order valence-electron chi connectivity index (χ3n) is 2.65. The Balaban J connectivity index is 2.53. The van der Waals surface area contributed by atoms with Crippen molar-refractivity contribution in [2.75, 3.05) is 7.11 Å². The van der Waals surface area contributed by atoms with Crippen LogP contribution in [0.4, 0.5) is 13.2 Å². The summed E-state index contributed by atoms with van der Waals surface area (Å²) in [4.78, 5) is 0. The smallest absolute Gasteiger partial charge is 0.372 e. The zero-order chi connectivity index (χ0) is 14.3. The van der Waals surface area contributed by atoms with Crippen molar-refractivity contribution in [1.29, 1.82) is 5.26 Å². The number of alkyl halides is 3. The minimum absolute atomic E-state index is 0.341. The topological polar surface area (TPSA) is 45.0 Å². The Kier molecular flexibility index (Phi) is 5.80. The van der Waals surface area contributed by atoms with Crippen molar-refractivity contribution >= 4 is 0 Å². The second kappa shape index (κ2) is 7.12. The number of hydrogen-bond acceptors (Lipinski definition) is 3. The average molecular weight is 272 g/mol. The molecule has 0 aliphatic rings. The fraction of sp³-hybridized carbons (Fsp3) is 0.462. The van der Waals surface area contributed by atoms with Crippen LogP contribution in [-0.2, 0) is 11.3 Å². The number of nitriles is 1. The van der Waals surface area contributed by atoms with Gasteiger partial charge >= 0.3 is 6.18 Å². The number of hydrogen-bond donors (Lipinski definition) is 1. The molecule has 0 fully saturated rings. The fourth-order valence-corrected chi connectivity index (χ4v) is 1.60. The third kappa shape index (κ3) is 5.28. The SMILES string of the molecule is COC(CC(C#N)NCc1ccccc1)C(F)(F)F. The molecule has 1 aromatic rings. The van der Waals surface area contributed by atoms with Gasteiger partial charge in [-0.15, -0.1) is 0 Å². The van der Waals surface area contributed by atoms with Crippen molar-refractivity contribution in [2.24, 2.45) is 0 Å². The van der Waals surface area contributed by atoms with Crippen LogP contribution in [0.2, 0.25) is 0 Å². The Labute approximate surface area is 110 Å². The van der Waals surface area contributed by atoms with Gasteiger partial charge in [0.05, 0.1) is 12.1 Å². The average Bonchev–Trinajstić information content (AvgIpc) is 2.39. The summed E-state index contributed by atoms with van der Waals surface area (Å²) in [6.45, 7) is 0.341. The molecule has 0 heterocycles. The van der Waals surface area contributed by atoms with Crippen LogP contribution in [0.5, 0.6) is 0 Å². The van der Waals surface area contributed by atoms with Gasteiger partial charge < -0.3 is 4.74 Å². The summed E-state index contributed by atoms with van der Waals surface area (Å²) < 4.78 is 41.9. The third-order valence-corrected chi connectivity index (χ3v) is 2.65. The lowest BCUT2D eigenvalue weighted by Crippen LogP contribution is -2.38. The zero-order valence-corrected chi connectivity index (χ0v) is 10.4. The summed E-state index contributed by atoms with van der Waals surface area (Å²) in [6, 6.07) is 10.1. The van der Waals surface area contributed by atoms with Gasteiger partial charge in [-0.2, -0.15) is 18.4 Å². The molecule has 0 bridgehead atoms. The van der Waals surface area contributed by atoms with Crippen LogP contribution in [-0.4, -0.2) is 25.4 Å². The summed E-state index contributed by atoms with van der Waals surface area (Å²) in [5, 5.41) is 11.7. The van der Waals surface area contributed by atoms with Crippen LogP contribution in [0, 0.1) is 11.3 Å². The van der Waals surface area contributed by atoms with E-state index in [9.17, 15) is 13.2 Å². The largest absolute Gasteiger partial charge is 0.414 e. The van der Waals surface area contributed by atoms with Gasteiger partial charge in [0, 0.05) is 20.1 Å². The molecule has 2 unspecified atom stereocenters. The van der Waals surface area contributed by atoms with Crippen LogP contribution in [0.1, 0.15) is 12.0 Å². The van der Waals surface area contributed by atoms with E-state index in [0.29, 0.717) is 6.54 Å². The molecule has 0 radical (unpaired) electrons. The van der Waals surface area contributed by atoms with Crippen LogP contribution in [0.25, 0.3) is 0 Å².